The normalized spacial score (nSPS) is 15.5. The second-order valence-electron chi connectivity index (χ2n) is 8.05. The maximum atomic E-state index is 4.83. The number of hydrogen-bond donors (Lipinski definition) is 2. The molecule has 0 spiro atoms. The molecule has 0 amide bonds. The van der Waals surface area contributed by atoms with Gasteiger partial charge in [-0.05, 0) is 38.9 Å². The van der Waals surface area contributed by atoms with E-state index in [2.05, 4.69) is 63.1 Å². The van der Waals surface area contributed by atoms with Crippen LogP contribution in [0.25, 0.3) is 11.3 Å². The molecule has 1 aliphatic heterocycles. The average molecular weight is 540 g/mol. The zero-order valence-electron chi connectivity index (χ0n) is 19.2. The van der Waals surface area contributed by atoms with E-state index in [1.807, 2.05) is 24.4 Å². The Morgan fingerprint density at radius 3 is 2.61 bits per heavy atom. The number of guanidine groups is 1. The van der Waals surface area contributed by atoms with Crippen molar-refractivity contribution in [1.29, 1.82) is 0 Å². The van der Waals surface area contributed by atoms with E-state index >= 15 is 0 Å². The van der Waals surface area contributed by atoms with Crippen LogP contribution in [0.15, 0.2) is 41.5 Å². The molecule has 1 saturated heterocycles. The van der Waals surface area contributed by atoms with Crippen molar-refractivity contribution in [1.82, 2.24) is 30.0 Å². The average Bonchev–Trinajstić information content (AvgIpc) is 3.23. The fraction of sp³-hybridized carbons (Fsp3) is 0.565. The van der Waals surface area contributed by atoms with E-state index in [1.165, 1.54) is 39.1 Å². The highest BCUT2D eigenvalue weighted by atomic mass is 127. The fourth-order valence-corrected chi connectivity index (χ4v) is 3.68. The van der Waals surface area contributed by atoms with Gasteiger partial charge in [-0.1, -0.05) is 30.3 Å². The van der Waals surface area contributed by atoms with Gasteiger partial charge in [0.25, 0.3) is 0 Å². The molecular formula is C23H38IN7. The Morgan fingerprint density at radius 1 is 1.16 bits per heavy atom. The summed E-state index contributed by atoms with van der Waals surface area (Å²) in [6.07, 6.45) is 4.23. The van der Waals surface area contributed by atoms with Gasteiger partial charge in [-0.25, -0.2) is 4.98 Å². The van der Waals surface area contributed by atoms with Gasteiger partial charge in [-0.3, -0.25) is 4.99 Å². The van der Waals surface area contributed by atoms with Gasteiger partial charge in [0.15, 0.2) is 5.96 Å². The second kappa shape index (κ2) is 13.7. The van der Waals surface area contributed by atoms with E-state index in [1.54, 1.807) is 0 Å². The van der Waals surface area contributed by atoms with Crippen molar-refractivity contribution in [3.05, 3.63) is 42.4 Å². The molecule has 1 fully saturated rings. The molecule has 1 aromatic carbocycles. The molecule has 2 N–H and O–H groups in total. The quantitative estimate of drug-likeness (QED) is 0.222. The van der Waals surface area contributed by atoms with Crippen LogP contribution in [-0.4, -0.2) is 90.5 Å². The van der Waals surface area contributed by atoms with Crippen molar-refractivity contribution >= 4 is 29.9 Å². The number of nitrogens with zero attached hydrogens (tertiary/aromatic N) is 5. The maximum Gasteiger partial charge on any atom is 0.194 e. The van der Waals surface area contributed by atoms with Gasteiger partial charge in [0.2, 0.25) is 0 Å². The summed E-state index contributed by atoms with van der Waals surface area (Å²) in [6, 6.07) is 10.3. The third-order valence-corrected chi connectivity index (χ3v) is 5.54. The zero-order valence-corrected chi connectivity index (χ0v) is 21.5. The lowest BCUT2D eigenvalue weighted by Gasteiger charge is -2.32. The minimum Gasteiger partial charge on any atom is -0.357 e. The predicted octanol–water partition coefficient (Wildman–Crippen LogP) is 3.12. The standard InChI is InChI=1S/C23H37N7.HI/c1-4-24-23(25-12-8-9-13-30-16-14-28(2)15-17-30)29(3)19-22-26-18-21(27-22)20-10-6-5-7-11-20;/h5-7,10-11,18H,4,8-9,12-17,19H2,1-3H3,(H,24,25)(H,26,27);1H. The highest BCUT2D eigenvalue weighted by Crippen LogP contribution is 2.16. The Bertz CT molecular complexity index is 769. The summed E-state index contributed by atoms with van der Waals surface area (Å²) in [4.78, 5) is 19.9. The Hall–Kier alpha value is -1.65. The van der Waals surface area contributed by atoms with E-state index in [0.717, 1.165) is 42.6 Å². The summed E-state index contributed by atoms with van der Waals surface area (Å²) in [5, 5.41) is 3.40. The molecule has 7 nitrogen and oxygen atoms in total. The summed E-state index contributed by atoms with van der Waals surface area (Å²) in [5.41, 5.74) is 2.20. The van der Waals surface area contributed by atoms with Gasteiger partial charge in [0.1, 0.15) is 5.82 Å². The molecule has 0 aliphatic carbocycles. The number of nitrogens with one attached hydrogen (secondary N) is 2. The van der Waals surface area contributed by atoms with Gasteiger partial charge in [0, 0.05) is 46.3 Å². The summed E-state index contributed by atoms with van der Waals surface area (Å²) in [5.74, 6) is 1.88. The van der Waals surface area contributed by atoms with Crippen LogP contribution in [0, 0.1) is 0 Å². The van der Waals surface area contributed by atoms with Crippen molar-refractivity contribution in [2.45, 2.75) is 26.3 Å². The van der Waals surface area contributed by atoms with Crippen molar-refractivity contribution in [2.75, 3.05) is 59.9 Å². The third-order valence-electron chi connectivity index (χ3n) is 5.54. The molecule has 172 valence electrons. The van der Waals surface area contributed by atoms with Crippen molar-refractivity contribution in [3.8, 4) is 11.3 Å². The lowest BCUT2D eigenvalue weighted by molar-refractivity contribution is 0.152. The fourth-order valence-electron chi connectivity index (χ4n) is 3.68. The first kappa shape index (κ1) is 25.6. The summed E-state index contributed by atoms with van der Waals surface area (Å²) in [6.45, 7) is 10.5. The predicted molar refractivity (Wildman–Crippen MR) is 140 cm³/mol. The summed E-state index contributed by atoms with van der Waals surface area (Å²) < 4.78 is 0. The van der Waals surface area contributed by atoms with E-state index in [4.69, 9.17) is 4.99 Å². The number of rotatable bonds is 9. The second-order valence-corrected chi connectivity index (χ2v) is 8.05. The van der Waals surface area contributed by atoms with Gasteiger partial charge >= 0.3 is 0 Å². The molecule has 31 heavy (non-hydrogen) atoms. The molecule has 1 aliphatic rings. The minimum atomic E-state index is 0. The minimum absolute atomic E-state index is 0. The number of aliphatic imine (C=N–C) groups is 1. The molecule has 3 rings (SSSR count). The number of H-pyrrole nitrogens is 1. The van der Waals surface area contributed by atoms with Gasteiger partial charge in [0.05, 0.1) is 18.4 Å². The SMILES string of the molecule is CCNC(=NCCCCN1CCN(C)CC1)N(C)Cc1ncc(-c2ccccc2)[nH]1.I. The maximum absolute atomic E-state index is 4.83. The summed E-state index contributed by atoms with van der Waals surface area (Å²) >= 11 is 0. The van der Waals surface area contributed by atoms with E-state index < -0.39 is 0 Å². The Kier molecular flexibility index (Phi) is 11.3. The van der Waals surface area contributed by atoms with Crippen LogP contribution in [0.1, 0.15) is 25.6 Å². The molecule has 2 aromatic rings. The molecule has 0 radical (unpaired) electrons. The highest BCUT2D eigenvalue weighted by molar-refractivity contribution is 14.0. The Balaban J connectivity index is 0.00000341. The number of unbranched alkanes of at least 4 members (excludes halogenated alkanes) is 1. The van der Waals surface area contributed by atoms with Crippen molar-refractivity contribution in [3.63, 3.8) is 0 Å². The lowest BCUT2D eigenvalue weighted by atomic mass is 10.2. The van der Waals surface area contributed by atoms with Crippen molar-refractivity contribution < 1.29 is 0 Å². The van der Waals surface area contributed by atoms with E-state index in [-0.39, 0.29) is 24.0 Å². The first-order chi connectivity index (χ1) is 14.7. The number of likely N-dealkylation sites (N-methyl/N-ethyl adjacent to an activating group) is 1. The molecule has 0 saturated carbocycles. The highest BCUT2D eigenvalue weighted by Gasteiger charge is 2.13. The number of aromatic amines is 1. The van der Waals surface area contributed by atoms with Crippen LogP contribution in [0.5, 0.6) is 0 Å². The number of halogens is 1. The monoisotopic (exact) mass is 539 g/mol. The third kappa shape index (κ3) is 8.42. The lowest BCUT2D eigenvalue weighted by Crippen LogP contribution is -2.44. The number of piperazine rings is 1. The smallest absolute Gasteiger partial charge is 0.194 e. The van der Waals surface area contributed by atoms with Gasteiger partial charge in [-0.2, -0.15) is 0 Å². The van der Waals surface area contributed by atoms with Crippen molar-refractivity contribution in [2.24, 2.45) is 4.99 Å². The molecule has 0 unspecified atom stereocenters. The molecule has 0 bridgehead atoms. The Labute approximate surface area is 204 Å². The van der Waals surface area contributed by atoms with Gasteiger partial charge in [-0.15, -0.1) is 24.0 Å². The van der Waals surface area contributed by atoms with Crippen LogP contribution < -0.4 is 5.32 Å². The Morgan fingerprint density at radius 2 is 1.90 bits per heavy atom. The molecule has 0 atom stereocenters. The zero-order chi connectivity index (χ0) is 21.2. The number of aromatic nitrogens is 2. The van der Waals surface area contributed by atoms with Crippen LogP contribution in [0.4, 0.5) is 0 Å². The molecular weight excluding hydrogens is 501 g/mol. The van der Waals surface area contributed by atoms with Crippen LogP contribution >= 0.6 is 24.0 Å². The topological polar surface area (TPSA) is 62.8 Å². The summed E-state index contributed by atoms with van der Waals surface area (Å²) in [7, 11) is 4.27. The number of imidazole rings is 1. The number of hydrogen-bond acceptors (Lipinski definition) is 4. The first-order valence-corrected chi connectivity index (χ1v) is 11.2. The van der Waals surface area contributed by atoms with E-state index in [0.29, 0.717) is 6.54 Å². The largest absolute Gasteiger partial charge is 0.357 e. The van der Waals surface area contributed by atoms with Crippen LogP contribution in [-0.2, 0) is 6.54 Å². The van der Waals surface area contributed by atoms with Gasteiger partial charge < -0.3 is 25.0 Å². The van der Waals surface area contributed by atoms with E-state index in [9.17, 15) is 0 Å². The molecule has 1 aromatic heterocycles. The van der Waals surface area contributed by atoms with Crippen LogP contribution in [0.2, 0.25) is 0 Å². The van der Waals surface area contributed by atoms with Crippen LogP contribution in [0.3, 0.4) is 0 Å². The molecule has 2 heterocycles. The first-order valence-electron chi connectivity index (χ1n) is 11.2. The number of benzene rings is 1. The molecule has 8 heteroatoms.